The Hall–Kier alpha value is -1.30. The molecule has 2 rings (SSSR count). The van der Waals surface area contributed by atoms with Crippen LogP contribution in [-0.2, 0) is 6.54 Å². The van der Waals surface area contributed by atoms with Crippen molar-refractivity contribution < 1.29 is 4.39 Å². The summed E-state index contributed by atoms with van der Waals surface area (Å²) in [5.74, 6) is -0.189. The van der Waals surface area contributed by atoms with Gasteiger partial charge in [0.15, 0.2) is 0 Å². The number of benzene rings is 2. The summed E-state index contributed by atoms with van der Waals surface area (Å²) in [5, 5.41) is 3.19. The summed E-state index contributed by atoms with van der Waals surface area (Å²) in [6, 6.07) is 12.4. The maximum absolute atomic E-state index is 13.4. The Balaban J connectivity index is 2.10. The molecule has 0 spiro atoms. The van der Waals surface area contributed by atoms with Crippen molar-refractivity contribution >= 4 is 34.0 Å². The number of hydrogen-bond donors (Lipinski definition) is 2. The second-order valence-electron chi connectivity index (χ2n) is 3.68. The minimum Gasteiger partial charge on any atom is -0.399 e. The number of hydrogen-bond acceptors (Lipinski definition) is 2. The number of halogens is 2. The van der Waals surface area contributed by atoms with Gasteiger partial charge in [0.25, 0.3) is 0 Å². The van der Waals surface area contributed by atoms with E-state index in [4.69, 9.17) is 5.73 Å². The van der Waals surface area contributed by atoms with E-state index in [2.05, 4.69) is 27.9 Å². The molecule has 0 saturated heterocycles. The molecule has 0 fully saturated rings. The monoisotopic (exact) mass is 342 g/mol. The van der Waals surface area contributed by atoms with Crippen LogP contribution in [0, 0.1) is 9.39 Å². The van der Waals surface area contributed by atoms with Crippen LogP contribution < -0.4 is 11.1 Å². The highest BCUT2D eigenvalue weighted by molar-refractivity contribution is 14.1. The third-order valence-electron chi connectivity index (χ3n) is 2.42. The molecule has 17 heavy (non-hydrogen) atoms. The molecule has 88 valence electrons. The standard InChI is InChI=1S/C13H12FIN2/c14-11-4-2-1-3-9(11)8-17-13-6-5-10(16)7-12(13)15/h1-7,17H,8,16H2. The highest BCUT2D eigenvalue weighted by Gasteiger charge is 2.02. The predicted molar refractivity (Wildman–Crippen MR) is 77.3 cm³/mol. The molecule has 0 aromatic heterocycles. The summed E-state index contributed by atoms with van der Waals surface area (Å²) in [5.41, 5.74) is 8.01. The molecule has 0 aliphatic rings. The fourth-order valence-electron chi connectivity index (χ4n) is 1.51. The number of nitrogen functional groups attached to an aromatic ring is 1. The van der Waals surface area contributed by atoms with Gasteiger partial charge >= 0.3 is 0 Å². The maximum atomic E-state index is 13.4. The maximum Gasteiger partial charge on any atom is 0.128 e. The summed E-state index contributed by atoms with van der Waals surface area (Å²) in [6.45, 7) is 0.465. The third-order valence-corrected chi connectivity index (χ3v) is 3.31. The first-order chi connectivity index (χ1) is 8.16. The number of nitrogens with two attached hydrogens (primary N) is 1. The van der Waals surface area contributed by atoms with Gasteiger partial charge in [0.2, 0.25) is 0 Å². The Morgan fingerprint density at radius 3 is 2.65 bits per heavy atom. The Morgan fingerprint density at radius 1 is 1.18 bits per heavy atom. The normalized spacial score (nSPS) is 10.2. The SMILES string of the molecule is Nc1ccc(NCc2ccccc2F)c(I)c1. The molecule has 3 N–H and O–H groups in total. The van der Waals surface area contributed by atoms with Crippen molar-refractivity contribution in [3.63, 3.8) is 0 Å². The first-order valence-electron chi connectivity index (χ1n) is 5.19. The molecule has 0 bridgehead atoms. The van der Waals surface area contributed by atoms with Crippen LogP contribution in [0.3, 0.4) is 0 Å². The van der Waals surface area contributed by atoms with Crippen molar-refractivity contribution in [1.82, 2.24) is 0 Å². The van der Waals surface area contributed by atoms with Gasteiger partial charge in [-0.2, -0.15) is 0 Å². The summed E-state index contributed by atoms with van der Waals surface area (Å²) in [4.78, 5) is 0. The van der Waals surface area contributed by atoms with Gasteiger partial charge in [-0.05, 0) is 46.9 Å². The van der Waals surface area contributed by atoms with E-state index in [0.717, 1.165) is 14.9 Å². The van der Waals surface area contributed by atoms with Gasteiger partial charge in [0, 0.05) is 27.1 Å². The van der Waals surface area contributed by atoms with Crippen LogP contribution in [0.2, 0.25) is 0 Å². The lowest BCUT2D eigenvalue weighted by Gasteiger charge is -2.09. The van der Waals surface area contributed by atoms with Gasteiger partial charge in [-0.15, -0.1) is 0 Å². The fraction of sp³-hybridized carbons (Fsp3) is 0.0769. The lowest BCUT2D eigenvalue weighted by molar-refractivity contribution is 0.613. The molecule has 0 atom stereocenters. The zero-order chi connectivity index (χ0) is 12.3. The number of rotatable bonds is 3. The van der Waals surface area contributed by atoms with Crippen LogP contribution >= 0.6 is 22.6 Å². The van der Waals surface area contributed by atoms with Gasteiger partial charge in [-0.1, -0.05) is 18.2 Å². The largest absolute Gasteiger partial charge is 0.399 e. The van der Waals surface area contributed by atoms with Gasteiger partial charge in [0.05, 0.1) is 0 Å². The molecule has 0 aliphatic heterocycles. The van der Waals surface area contributed by atoms with Crippen LogP contribution in [0.1, 0.15) is 5.56 Å². The quantitative estimate of drug-likeness (QED) is 0.660. The van der Waals surface area contributed by atoms with E-state index in [1.165, 1.54) is 6.07 Å². The first-order valence-corrected chi connectivity index (χ1v) is 6.27. The molecular weight excluding hydrogens is 330 g/mol. The van der Waals surface area contributed by atoms with Gasteiger partial charge < -0.3 is 11.1 Å². The minimum absolute atomic E-state index is 0.189. The first kappa shape index (κ1) is 12.2. The van der Waals surface area contributed by atoms with E-state index in [1.54, 1.807) is 12.1 Å². The van der Waals surface area contributed by atoms with Gasteiger partial charge in [-0.3, -0.25) is 0 Å². The fourth-order valence-corrected chi connectivity index (χ4v) is 2.24. The molecule has 0 heterocycles. The van der Waals surface area contributed by atoms with Gasteiger partial charge in [-0.25, -0.2) is 4.39 Å². The molecule has 0 amide bonds. The zero-order valence-corrected chi connectivity index (χ0v) is 11.2. The smallest absolute Gasteiger partial charge is 0.128 e. The molecule has 2 nitrogen and oxygen atoms in total. The van der Waals surface area contributed by atoms with Crippen molar-refractivity contribution in [2.75, 3.05) is 11.1 Å². The van der Waals surface area contributed by atoms with Crippen molar-refractivity contribution in [2.24, 2.45) is 0 Å². The van der Waals surface area contributed by atoms with E-state index in [0.29, 0.717) is 12.1 Å². The molecule has 0 radical (unpaired) electrons. The third kappa shape index (κ3) is 3.09. The Kier molecular flexibility index (Phi) is 3.83. The van der Waals surface area contributed by atoms with E-state index in [9.17, 15) is 4.39 Å². The van der Waals surface area contributed by atoms with Crippen LogP contribution in [0.4, 0.5) is 15.8 Å². The average Bonchev–Trinajstić information content (AvgIpc) is 2.30. The lowest BCUT2D eigenvalue weighted by atomic mass is 10.2. The highest BCUT2D eigenvalue weighted by Crippen LogP contribution is 2.21. The molecule has 0 saturated carbocycles. The van der Waals surface area contributed by atoms with Crippen LogP contribution in [-0.4, -0.2) is 0 Å². The summed E-state index contributed by atoms with van der Waals surface area (Å²) >= 11 is 2.20. The van der Waals surface area contributed by atoms with E-state index < -0.39 is 0 Å². The zero-order valence-electron chi connectivity index (χ0n) is 9.08. The van der Waals surface area contributed by atoms with Gasteiger partial charge in [0.1, 0.15) is 5.82 Å². The predicted octanol–water partition coefficient (Wildman–Crippen LogP) is 3.62. The highest BCUT2D eigenvalue weighted by atomic mass is 127. The Bertz CT molecular complexity index is 529. The Morgan fingerprint density at radius 2 is 1.94 bits per heavy atom. The van der Waals surface area contributed by atoms with Crippen LogP contribution in [0.15, 0.2) is 42.5 Å². The molecule has 0 unspecified atom stereocenters. The van der Waals surface area contributed by atoms with E-state index in [1.807, 2.05) is 24.3 Å². The summed E-state index contributed by atoms with van der Waals surface area (Å²) in [6.07, 6.45) is 0. The lowest BCUT2D eigenvalue weighted by Crippen LogP contribution is -2.03. The van der Waals surface area contributed by atoms with Crippen molar-refractivity contribution in [2.45, 2.75) is 6.54 Å². The minimum atomic E-state index is -0.189. The molecule has 4 heteroatoms. The molecule has 0 aliphatic carbocycles. The molecular formula is C13H12FIN2. The number of nitrogens with one attached hydrogen (secondary N) is 1. The topological polar surface area (TPSA) is 38.0 Å². The molecule has 2 aromatic carbocycles. The number of anilines is 2. The van der Waals surface area contributed by atoms with Crippen LogP contribution in [0.25, 0.3) is 0 Å². The second kappa shape index (κ2) is 5.35. The average molecular weight is 342 g/mol. The second-order valence-corrected chi connectivity index (χ2v) is 4.85. The van der Waals surface area contributed by atoms with Crippen molar-refractivity contribution in [1.29, 1.82) is 0 Å². The van der Waals surface area contributed by atoms with Crippen molar-refractivity contribution in [3.8, 4) is 0 Å². The Labute approximate surface area is 113 Å². The van der Waals surface area contributed by atoms with E-state index >= 15 is 0 Å². The summed E-state index contributed by atoms with van der Waals surface area (Å²) < 4.78 is 14.4. The van der Waals surface area contributed by atoms with Crippen molar-refractivity contribution in [3.05, 3.63) is 57.4 Å². The molecule has 2 aromatic rings. The van der Waals surface area contributed by atoms with Crippen LogP contribution in [0.5, 0.6) is 0 Å². The summed E-state index contributed by atoms with van der Waals surface area (Å²) in [7, 11) is 0. The van der Waals surface area contributed by atoms with E-state index in [-0.39, 0.29) is 5.82 Å².